The minimum atomic E-state index is -0.255. The number of benzene rings is 2. The monoisotopic (exact) mass is 336 g/mol. The molecule has 0 fully saturated rings. The van der Waals surface area contributed by atoms with Gasteiger partial charge in [0, 0.05) is 20.7 Å². The molecular formula is C14H13BrN2OS. The second-order valence-corrected chi connectivity index (χ2v) is 5.61. The van der Waals surface area contributed by atoms with Crippen LogP contribution in [0.3, 0.4) is 0 Å². The van der Waals surface area contributed by atoms with Crippen LogP contribution in [0, 0.1) is 0 Å². The minimum absolute atomic E-state index is 0.255. The Hall–Kier alpha value is -1.46. The van der Waals surface area contributed by atoms with E-state index in [0.717, 1.165) is 20.7 Å². The van der Waals surface area contributed by atoms with E-state index in [4.69, 9.17) is 0 Å². The Kier molecular flexibility index (Phi) is 4.87. The van der Waals surface area contributed by atoms with Crippen molar-refractivity contribution in [3.05, 3.63) is 53.0 Å². The number of nitrogens with one attached hydrogen (secondary N) is 2. The number of halogens is 1. The molecule has 0 atom stereocenters. The van der Waals surface area contributed by atoms with Crippen molar-refractivity contribution < 1.29 is 4.79 Å². The molecule has 0 radical (unpaired) electrons. The average molecular weight is 337 g/mol. The Balaban J connectivity index is 1.97. The number of hydrogen-bond acceptors (Lipinski definition) is 2. The summed E-state index contributed by atoms with van der Waals surface area (Å²) in [5, 5.41) is 5.56. The summed E-state index contributed by atoms with van der Waals surface area (Å²) in [5.41, 5.74) is 1.51. The van der Waals surface area contributed by atoms with Crippen LogP contribution >= 0.6 is 27.7 Å². The fraction of sp³-hybridized carbons (Fsp3) is 0.0714. The molecule has 0 heterocycles. The molecule has 5 heteroatoms. The van der Waals surface area contributed by atoms with E-state index in [9.17, 15) is 4.79 Å². The van der Waals surface area contributed by atoms with Gasteiger partial charge in [0.2, 0.25) is 0 Å². The van der Waals surface area contributed by atoms with Gasteiger partial charge < -0.3 is 10.6 Å². The van der Waals surface area contributed by atoms with Crippen molar-refractivity contribution in [1.29, 1.82) is 0 Å². The molecule has 0 saturated carbocycles. The van der Waals surface area contributed by atoms with E-state index >= 15 is 0 Å². The molecule has 0 aliphatic carbocycles. The van der Waals surface area contributed by atoms with Gasteiger partial charge in [0.25, 0.3) is 0 Å². The Morgan fingerprint density at radius 3 is 2.37 bits per heavy atom. The molecule has 2 N–H and O–H groups in total. The van der Waals surface area contributed by atoms with Gasteiger partial charge in [-0.05, 0) is 48.7 Å². The number of anilines is 2. The van der Waals surface area contributed by atoms with Crippen molar-refractivity contribution in [1.82, 2.24) is 0 Å². The van der Waals surface area contributed by atoms with Gasteiger partial charge in [0.05, 0.1) is 0 Å². The summed E-state index contributed by atoms with van der Waals surface area (Å²) in [7, 11) is 0. The zero-order valence-corrected chi connectivity index (χ0v) is 12.7. The molecule has 0 bridgehead atoms. The third kappa shape index (κ3) is 4.29. The first-order valence-electron chi connectivity index (χ1n) is 5.65. The average Bonchev–Trinajstić information content (AvgIpc) is 2.39. The maximum Gasteiger partial charge on any atom is 0.323 e. The van der Waals surface area contributed by atoms with Gasteiger partial charge in [-0.2, -0.15) is 0 Å². The summed E-state index contributed by atoms with van der Waals surface area (Å²) in [4.78, 5) is 13.0. The van der Waals surface area contributed by atoms with Crippen LogP contribution in [0.25, 0.3) is 0 Å². The summed E-state index contributed by atoms with van der Waals surface area (Å²) in [6.07, 6.45) is 2.02. The summed E-state index contributed by atoms with van der Waals surface area (Å²) >= 11 is 5.03. The van der Waals surface area contributed by atoms with Gasteiger partial charge in [-0.25, -0.2) is 4.79 Å². The number of amides is 2. The summed E-state index contributed by atoms with van der Waals surface area (Å²) in [5.74, 6) is 0. The van der Waals surface area contributed by atoms with Gasteiger partial charge >= 0.3 is 6.03 Å². The van der Waals surface area contributed by atoms with Crippen LogP contribution in [0.4, 0.5) is 16.2 Å². The lowest BCUT2D eigenvalue weighted by molar-refractivity contribution is 0.262. The minimum Gasteiger partial charge on any atom is -0.308 e. The third-order valence-corrected chi connectivity index (χ3v) is 3.67. The van der Waals surface area contributed by atoms with Crippen LogP contribution in [0.2, 0.25) is 0 Å². The second-order valence-electron chi connectivity index (χ2n) is 3.82. The largest absolute Gasteiger partial charge is 0.323 e. The smallest absolute Gasteiger partial charge is 0.308 e. The highest BCUT2D eigenvalue weighted by Crippen LogP contribution is 2.18. The molecule has 3 nitrogen and oxygen atoms in total. The molecule has 0 aromatic heterocycles. The first kappa shape index (κ1) is 14.0. The molecule has 0 saturated heterocycles. The standard InChI is InChI=1S/C14H13BrN2OS/c1-19-13-7-5-11(6-8-13)16-14(18)17-12-4-2-3-10(15)9-12/h2-9H,1H3,(H2,16,17,18). The van der Waals surface area contributed by atoms with Crippen LogP contribution in [-0.4, -0.2) is 12.3 Å². The van der Waals surface area contributed by atoms with Crippen LogP contribution in [0.1, 0.15) is 0 Å². The summed E-state index contributed by atoms with van der Waals surface area (Å²) in [6, 6.07) is 14.9. The summed E-state index contributed by atoms with van der Waals surface area (Å²) in [6.45, 7) is 0. The fourth-order valence-electron chi connectivity index (χ4n) is 1.53. The summed E-state index contributed by atoms with van der Waals surface area (Å²) < 4.78 is 0.926. The Morgan fingerprint density at radius 1 is 1.05 bits per heavy atom. The lowest BCUT2D eigenvalue weighted by atomic mass is 10.3. The fourth-order valence-corrected chi connectivity index (χ4v) is 2.34. The molecule has 2 amide bonds. The number of rotatable bonds is 3. The molecule has 2 aromatic carbocycles. The highest BCUT2D eigenvalue weighted by molar-refractivity contribution is 9.10. The molecule has 0 aliphatic rings. The van der Waals surface area contributed by atoms with E-state index in [1.54, 1.807) is 11.8 Å². The van der Waals surface area contributed by atoms with Gasteiger partial charge in [0.15, 0.2) is 0 Å². The van der Waals surface area contributed by atoms with Crippen molar-refractivity contribution in [2.45, 2.75) is 4.90 Å². The molecule has 2 aromatic rings. The first-order chi connectivity index (χ1) is 9.17. The van der Waals surface area contributed by atoms with Crippen LogP contribution in [0.5, 0.6) is 0 Å². The number of carbonyl (C=O) groups excluding carboxylic acids is 1. The molecule has 19 heavy (non-hydrogen) atoms. The molecule has 0 aliphatic heterocycles. The van der Waals surface area contributed by atoms with Crippen molar-refractivity contribution in [3.8, 4) is 0 Å². The lowest BCUT2D eigenvalue weighted by Gasteiger charge is -2.08. The maximum absolute atomic E-state index is 11.8. The normalized spacial score (nSPS) is 10.0. The van der Waals surface area contributed by atoms with E-state index in [1.165, 1.54) is 0 Å². The van der Waals surface area contributed by atoms with Crippen LogP contribution < -0.4 is 10.6 Å². The van der Waals surface area contributed by atoms with Crippen molar-refractivity contribution in [2.24, 2.45) is 0 Å². The number of thioether (sulfide) groups is 1. The van der Waals surface area contributed by atoms with E-state index in [1.807, 2.05) is 54.8 Å². The molecule has 0 unspecified atom stereocenters. The molecule has 0 spiro atoms. The van der Waals surface area contributed by atoms with Gasteiger partial charge in [-0.15, -0.1) is 11.8 Å². The van der Waals surface area contributed by atoms with Crippen molar-refractivity contribution in [2.75, 3.05) is 16.9 Å². The van der Waals surface area contributed by atoms with Gasteiger partial charge in [-0.3, -0.25) is 0 Å². The van der Waals surface area contributed by atoms with Crippen molar-refractivity contribution >= 4 is 45.1 Å². The molecular weight excluding hydrogens is 324 g/mol. The predicted molar refractivity (Wildman–Crippen MR) is 85.0 cm³/mol. The van der Waals surface area contributed by atoms with E-state index in [0.29, 0.717) is 0 Å². The topological polar surface area (TPSA) is 41.1 Å². The number of urea groups is 1. The van der Waals surface area contributed by atoms with Crippen molar-refractivity contribution in [3.63, 3.8) is 0 Å². The highest BCUT2D eigenvalue weighted by Gasteiger charge is 2.02. The Bertz CT molecular complexity index is 572. The highest BCUT2D eigenvalue weighted by atomic mass is 79.9. The van der Waals surface area contributed by atoms with E-state index in [2.05, 4.69) is 26.6 Å². The maximum atomic E-state index is 11.8. The number of carbonyl (C=O) groups is 1. The zero-order valence-electron chi connectivity index (χ0n) is 10.3. The predicted octanol–water partition coefficient (Wildman–Crippen LogP) is 4.82. The SMILES string of the molecule is CSc1ccc(NC(=O)Nc2cccc(Br)c2)cc1. The zero-order chi connectivity index (χ0) is 13.7. The van der Waals surface area contributed by atoms with Crippen LogP contribution in [0.15, 0.2) is 57.9 Å². The van der Waals surface area contributed by atoms with Gasteiger partial charge in [0.1, 0.15) is 0 Å². The molecule has 98 valence electrons. The lowest BCUT2D eigenvalue weighted by Crippen LogP contribution is -2.19. The Morgan fingerprint density at radius 2 is 1.74 bits per heavy atom. The second kappa shape index (κ2) is 6.63. The quantitative estimate of drug-likeness (QED) is 0.789. The van der Waals surface area contributed by atoms with E-state index in [-0.39, 0.29) is 6.03 Å². The van der Waals surface area contributed by atoms with Crippen LogP contribution in [-0.2, 0) is 0 Å². The van der Waals surface area contributed by atoms with Gasteiger partial charge in [-0.1, -0.05) is 22.0 Å². The first-order valence-corrected chi connectivity index (χ1v) is 7.67. The van der Waals surface area contributed by atoms with E-state index < -0.39 is 0 Å². The Labute approximate surface area is 124 Å². The third-order valence-electron chi connectivity index (χ3n) is 2.43. The number of hydrogen-bond donors (Lipinski definition) is 2. The molecule has 2 rings (SSSR count).